The third kappa shape index (κ3) is 2.03. The Hall–Kier alpha value is -1.51. The number of rotatable bonds is 2. The summed E-state index contributed by atoms with van der Waals surface area (Å²) in [5, 5.41) is 0. The second kappa shape index (κ2) is 4.16. The summed E-state index contributed by atoms with van der Waals surface area (Å²) in [5.74, 6) is -0.164. The molecular formula is C13H17FN2. The van der Waals surface area contributed by atoms with Crippen molar-refractivity contribution in [3.05, 3.63) is 47.5 Å². The van der Waals surface area contributed by atoms with Crippen LogP contribution in [0.15, 0.2) is 30.6 Å². The van der Waals surface area contributed by atoms with E-state index >= 15 is 0 Å². The maximum Gasteiger partial charge on any atom is 0.123 e. The lowest BCUT2D eigenvalue weighted by Gasteiger charge is -2.27. The third-order valence-corrected chi connectivity index (χ3v) is 3.22. The van der Waals surface area contributed by atoms with Gasteiger partial charge in [0, 0.05) is 26.0 Å². The maximum atomic E-state index is 13.0. The Balaban J connectivity index is 2.13. The lowest BCUT2D eigenvalue weighted by molar-refractivity contribution is 0.189. The van der Waals surface area contributed by atoms with Crippen LogP contribution in [0.5, 0.6) is 0 Å². The van der Waals surface area contributed by atoms with Crippen LogP contribution in [-0.4, -0.2) is 23.0 Å². The van der Waals surface area contributed by atoms with E-state index in [0.29, 0.717) is 6.17 Å². The van der Waals surface area contributed by atoms with Crippen LogP contribution in [0.1, 0.15) is 18.1 Å². The largest absolute Gasteiger partial charge is 0.359 e. The predicted octanol–water partition coefficient (Wildman–Crippen LogP) is 2.70. The first kappa shape index (κ1) is 11.0. The highest BCUT2D eigenvalue weighted by Crippen LogP contribution is 2.19. The lowest BCUT2D eigenvalue weighted by Crippen LogP contribution is -2.33. The Kier molecular flexibility index (Phi) is 2.86. The SMILES string of the molecule is Cc1cc(F)ccc1CN1C=CN(C)C1C. The van der Waals surface area contributed by atoms with Crippen molar-refractivity contribution in [2.75, 3.05) is 7.05 Å². The molecule has 1 unspecified atom stereocenters. The molecule has 3 heteroatoms. The molecular weight excluding hydrogens is 203 g/mol. The van der Waals surface area contributed by atoms with Crippen molar-refractivity contribution in [3.63, 3.8) is 0 Å². The molecule has 0 saturated heterocycles. The van der Waals surface area contributed by atoms with Crippen LogP contribution in [0.2, 0.25) is 0 Å². The molecule has 0 N–H and O–H groups in total. The van der Waals surface area contributed by atoms with E-state index in [1.165, 1.54) is 11.6 Å². The predicted molar refractivity (Wildman–Crippen MR) is 63.0 cm³/mol. The minimum Gasteiger partial charge on any atom is -0.359 e. The second-order valence-electron chi connectivity index (χ2n) is 4.34. The molecule has 86 valence electrons. The molecule has 0 aromatic heterocycles. The van der Waals surface area contributed by atoms with Gasteiger partial charge in [-0.2, -0.15) is 0 Å². The average molecular weight is 220 g/mol. The number of halogens is 1. The molecule has 0 amide bonds. The minimum atomic E-state index is -0.164. The minimum absolute atomic E-state index is 0.164. The number of hydrogen-bond acceptors (Lipinski definition) is 2. The van der Waals surface area contributed by atoms with Crippen molar-refractivity contribution in [3.8, 4) is 0 Å². The standard InChI is InChI=1S/C13H17FN2/c1-10-8-13(14)5-4-12(10)9-16-7-6-15(3)11(16)2/h4-8,11H,9H2,1-3H3. The van der Waals surface area contributed by atoms with Crippen molar-refractivity contribution in [1.82, 2.24) is 9.80 Å². The second-order valence-corrected chi connectivity index (χ2v) is 4.34. The van der Waals surface area contributed by atoms with Gasteiger partial charge in [-0.25, -0.2) is 4.39 Å². The molecule has 0 aliphatic carbocycles. The summed E-state index contributed by atoms with van der Waals surface area (Å²) >= 11 is 0. The highest BCUT2D eigenvalue weighted by atomic mass is 19.1. The van der Waals surface area contributed by atoms with E-state index in [-0.39, 0.29) is 5.82 Å². The summed E-state index contributed by atoms with van der Waals surface area (Å²) in [6, 6.07) is 4.98. The summed E-state index contributed by atoms with van der Waals surface area (Å²) in [4.78, 5) is 4.39. The zero-order valence-electron chi connectivity index (χ0n) is 9.94. The topological polar surface area (TPSA) is 6.48 Å². The van der Waals surface area contributed by atoms with Crippen molar-refractivity contribution in [1.29, 1.82) is 0 Å². The van der Waals surface area contributed by atoms with Crippen molar-refractivity contribution in [2.24, 2.45) is 0 Å². The number of aryl methyl sites for hydroxylation is 1. The van der Waals surface area contributed by atoms with Crippen LogP contribution in [0, 0.1) is 12.7 Å². The maximum absolute atomic E-state index is 13.0. The molecule has 1 aliphatic rings. The van der Waals surface area contributed by atoms with Crippen LogP contribution < -0.4 is 0 Å². The van der Waals surface area contributed by atoms with Gasteiger partial charge < -0.3 is 9.80 Å². The lowest BCUT2D eigenvalue weighted by atomic mass is 10.1. The summed E-state index contributed by atoms with van der Waals surface area (Å²) in [5.41, 5.74) is 2.18. The van der Waals surface area contributed by atoms with Crippen molar-refractivity contribution in [2.45, 2.75) is 26.6 Å². The first-order chi connectivity index (χ1) is 7.58. The first-order valence-electron chi connectivity index (χ1n) is 5.49. The van der Waals surface area contributed by atoms with Gasteiger partial charge in [-0.15, -0.1) is 0 Å². The molecule has 1 aliphatic heterocycles. The van der Waals surface area contributed by atoms with Gasteiger partial charge in [-0.3, -0.25) is 0 Å². The van der Waals surface area contributed by atoms with Crippen LogP contribution in [0.3, 0.4) is 0 Å². The van der Waals surface area contributed by atoms with Gasteiger partial charge in [0.25, 0.3) is 0 Å². The Morgan fingerprint density at radius 3 is 2.62 bits per heavy atom. The van der Waals surface area contributed by atoms with E-state index in [2.05, 4.69) is 36.2 Å². The Morgan fingerprint density at radius 2 is 2.06 bits per heavy atom. The first-order valence-corrected chi connectivity index (χ1v) is 5.49. The fraction of sp³-hybridized carbons (Fsp3) is 0.385. The van der Waals surface area contributed by atoms with E-state index in [4.69, 9.17) is 0 Å². The molecule has 16 heavy (non-hydrogen) atoms. The average Bonchev–Trinajstić information content (AvgIpc) is 2.54. The fourth-order valence-electron chi connectivity index (χ4n) is 1.89. The summed E-state index contributed by atoms with van der Waals surface area (Å²) in [6.45, 7) is 4.93. The molecule has 1 aromatic carbocycles. The van der Waals surface area contributed by atoms with Crippen LogP contribution in [0.4, 0.5) is 4.39 Å². The molecule has 0 fully saturated rings. The van der Waals surface area contributed by atoms with E-state index < -0.39 is 0 Å². The monoisotopic (exact) mass is 220 g/mol. The zero-order chi connectivity index (χ0) is 11.7. The van der Waals surface area contributed by atoms with E-state index in [1.807, 2.05) is 13.0 Å². The third-order valence-electron chi connectivity index (χ3n) is 3.22. The van der Waals surface area contributed by atoms with Crippen LogP contribution in [0.25, 0.3) is 0 Å². The van der Waals surface area contributed by atoms with Gasteiger partial charge in [0.15, 0.2) is 0 Å². The Labute approximate surface area is 96.0 Å². The van der Waals surface area contributed by atoms with Crippen molar-refractivity contribution < 1.29 is 4.39 Å². The van der Waals surface area contributed by atoms with E-state index in [1.54, 1.807) is 6.07 Å². The Morgan fingerprint density at radius 1 is 1.31 bits per heavy atom. The highest BCUT2D eigenvalue weighted by molar-refractivity contribution is 5.26. The molecule has 2 nitrogen and oxygen atoms in total. The summed E-state index contributed by atoms with van der Waals surface area (Å²) in [6.07, 6.45) is 4.50. The van der Waals surface area contributed by atoms with Gasteiger partial charge in [0.2, 0.25) is 0 Å². The van der Waals surface area contributed by atoms with Crippen molar-refractivity contribution >= 4 is 0 Å². The van der Waals surface area contributed by atoms with E-state index in [9.17, 15) is 4.39 Å². The molecule has 1 atom stereocenters. The van der Waals surface area contributed by atoms with Crippen LogP contribution in [-0.2, 0) is 6.54 Å². The zero-order valence-corrected chi connectivity index (χ0v) is 9.94. The molecule has 0 saturated carbocycles. The number of benzene rings is 1. The number of nitrogens with zero attached hydrogens (tertiary/aromatic N) is 2. The van der Waals surface area contributed by atoms with Gasteiger partial charge in [-0.1, -0.05) is 6.07 Å². The van der Waals surface area contributed by atoms with Gasteiger partial charge in [0.05, 0.1) is 6.17 Å². The smallest absolute Gasteiger partial charge is 0.123 e. The summed E-state index contributed by atoms with van der Waals surface area (Å²) in [7, 11) is 2.05. The highest BCUT2D eigenvalue weighted by Gasteiger charge is 2.18. The van der Waals surface area contributed by atoms with Gasteiger partial charge >= 0.3 is 0 Å². The van der Waals surface area contributed by atoms with Gasteiger partial charge in [-0.05, 0) is 37.1 Å². The quantitative estimate of drug-likeness (QED) is 0.756. The molecule has 0 bridgehead atoms. The Bertz CT molecular complexity index is 414. The normalized spacial score (nSPS) is 19.6. The molecule has 0 spiro atoms. The summed E-state index contributed by atoms with van der Waals surface area (Å²) < 4.78 is 13.0. The number of hydrogen-bond donors (Lipinski definition) is 0. The molecule has 1 heterocycles. The molecule has 0 radical (unpaired) electrons. The van der Waals surface area contributed by atoms with Gasteiger partial charge in [0.1, 0.15) is 5.82 Å². The molecule has 1 aromatic rings. The fourth-order valence-corrected chi connectivity index (χ4v) is 1.89. The molecule has 2 rings (SSSR count). The van der Waals surface area contributed by atoms with E-state index in [0.717, 1.165) is 12.1 Å². The van der Waals surface area contributed by atoms with Crippen LogP contribution >= 0.6 is 0 Å².